The van der Waals surface area contributed by atoms with E-state index in [-0.39, 0.29) is 76.9 Å². The summed E-state index contributed by atoms with van der Waals surface area (Å²) in [6.45, 7) is 13.6. The second kappa shape index (κ2) is 51.9. The zero-order chi connectivity index (χ0) is 91.9. The Morgan fingerprint density at radius 2 is 0.705 bits per heavy atom. The van der Waals surface area contributed by atoms with Gasteiger partial charge in [-0.05, 0) is 163 Å². The number of nitrogens with two attached hydrogens (primary N) is 3. The maximum absolute atomic E-state index is 14.6. The number of carboxylic acid groups (broad SMARTS) is 4. The molecule has 0 unspecified atom stereocenters. The van der Waals surface area contributed by atoms with Crippen LogP contribution in [-0.2, 0) is 107 Å². The SMILES string of the molecule is CC(=O)N[C@@H](C)C(=O)N[C@@H](CCC(=O)O)C(=O)N[C@@H](C)C(=O)N[C@@H](CCCCN)C(=O)N[C@@H](CC(C)C)C(=O)N1CCC[C@H]1C(=O)N[C@@H](CCC(=O)O)C(=O)N[C@@H](C)C(=O)N[C@@H](C)C(=O)N[C@@H](C)C(=O)N[C@@H](CCCCN)C(=O)N[C@@H](CCC(=O)O)C(=O)N[C@@H](C)C(=O)N[C@@H](Cc1c[nH]c2ccccc12)C(=O)N[C@@H](CCC(=O)O)C(=O)N[C@@H](C)C(N)=O. The number of fused-ring (bicyclic) bond motifs is 1. The third-order valence-corrected chi connectivity index (χ3v) is 19.5. The molecule has 678 valence electrons. The summed E-state index contributed by atoms with van der Waals surface area (Å²) in [4.78, 5) is 283. The molecule has 1 aromatic carbocycles. The number of amides is 17. The molecule has 0 bridgehead atoms. The molecule has 1 saturated heterocycles. The monoisotopic (exact) mass is 1720 g/mol. The van der Waals surface area contributed by atoms with Gasteiger partial charge in [0.05, 0.1) is 0 Å². The van der Waals surface area contributed by atoms with Crippen LogP contribution in [0.4, 0.5) is 0 Å². The first-order valence-corrected chi connectivity index (χ1v) is 40.2. The van der Waals surface area contributed by atoms with Crippen LogP contribution in [0.1, 0.15) is 184 Å². The molecule has 17 amide bonds. The number of H-pyrrole nitrogens is 1. The zero-order valence-corrected chi connectivity index (χ0v) is 70.1. The van der Waals surface area contributed by atoms with Crippen molar-refractivity contribution in [1.82, 2.24) is 89.6 Å². The van der Waals surface area contributed by atoms with Crippen molar-refractivity contribution in [2.45, 2.75) is 281 Å². The van der Waals surface area contributed by atoms with Crippen LogP contribution < -0.4 is 97.0 Å². The summed E-state index contributed by atoms with van der Waals surface area (Å²) in [5, 5.41) is 75.3. The molecule has 45 heteroatoms. The van der Waals surface area contributed by atoms with Crippen LogP contribution in [0.2, 0.25) is 0 Å². The summed E-state index contributed by atoms with van der Waals surface area (Å²) in [7, 11) is 0. The first kappa shape index (κ1) is 104. The molecule has 0 spiro atoms. The number of aromatic amines is 1. The van der Waals surface area contributed by atoms with E-state index in [1.807, 2.05) is 0 Å². The smallest absolute Gasteiger partial charge is 0.303 e. The molecule has 122 heavy (non-hydrogen) atoms. The van der Waals surface area contributed by atoms with Gasteiger partial charge in [0.15, 0.2) is 0 Å². The van der Waals surface area contributed by atoms with Crippen LogP contribution in [0.5, 0.6) is 0 Å². The molecule has 16 atom stereocenters. The van der Waals surface area contributed by atoms with E-state index in [0.29, 0.717) is 29.3 Å². The van der Waals surface area contributed by atoms with E-state index < -0.39 is 272 Å². The molecule has 1 aliphatic rings. The van der Waals surface area contributed by atoms with Gasteiger partial charge in [-0.2, -0.15) is 0 Å². The van der Waals surface area contributed by atoms with E-state index in [0.717, 1.165) is 6.92 Å². The van der Waals surface area contributed by atoms with E-state index in [1.165, 1.54) is 53.4 Å². The Bertz CT molecular complexity index is 4060. The lowest BCUT2D eigenvalue weighted by molar-refractivity contribution is -0.143. The summed E-state index contributed by atoms with van der Waals surface area (Å²) in [5.74, 6) is -21.6. The lowest BCUT2D eigenvalue weighted by Gasteiger charge is -2.31. The van der Waals surface area contributed by atoms with Gasteiger partial charge in [0, 0.05) is 62.7 Å². The minimum Gasteiger partial charge on any atom is -0.481 e. The molecule has 3 rings (SSSR count). The summed E-state index contributed by atoms with van der Waals surface area (Å²) in [6, 6.07) is -16.4. The van der Waals surface area contributed by atoms with Crippen molar-refractivity contribution >= 4 is 135 Å². The summed E-state index contributed by atoms with van der Waals surface area (Å²) in [5.41, 5.74) is 17.9. The minimum atomic E-state index is -1.72. The fourth-order valence-corrected chi connectivity index (χ4v) is 12.6. The Morgan fingerprint density at radius 3 is 1.07 bits per heavy atom. The normalized spacial score (nSPS) is 16.0. The summed E-state index contributed by atoms with van der Waals surface area (Å²) in [6.07, 6.45) is -2.05. The van der Waals surface area contributed by atoms with Gasteiger partial charge in [-0.1, -0.05) is 32.0 Å². The Labute approximate surface area is 703 Å². The number of hydrogen-bond donors (Lipinski definition) is 23. The van der Waals surface area contributed by atoms with E-state index in [1.54, 1.807) is 44.3 Å². The van der Waals surface area contributed by atoms with Crippen LogP contribution in [0, 0.1) is 5.92 Å². The molecule has 1 aromatic heterocycles. The predicted molar refractivity (Wildman–Crippen MR) is 433 cm³/mol. The Hall–Kier alpha value is -12.5. The van der Waals surface area contributed by atoms with Gasteiger partial charge in [-0.3, -0.25) is 101 Å². The van der Waals surface area contributed by atoms with Crippen molar-refractivity contribution in [3.63, 3.8) is 0 Å². The summed E-state index contributed by atoms with van der Waals surface area (Å²) >= 11 is 0. The van der Waals surface area contributed by atoms with Crippen LogP contribution in [-0.4, -0.2) is 271 Å². The number of nitrogens with zero attached hydrogens (tertiary/aromatic N) is 1. The number of carbonyl (C=O) groups excluding carboxylic acids is 17. The number of para-hydroxylation sites is 1. The third kappa shape index (κ3) is 36.2. The molecule has 45 nitrogen and oxygen atoms in total. The summed E-state index contributed by atoms with van der Waals surface area (Å²) < 4.78 is 0. The highest BCUT2D eigenvalue weighted by Gasteiger charge is 2.42. The van der Waals surface area contributed by atoms with E-state index >= 15 is 0 Å². The number of rotatable bonds is 55. The van der Waals surface area contributed by atoms with Crippen LogP contribution in [0.25, 0.3) is 10.9 Å². The fraction of sp³-hybridized carbons (Fsp3) is 0.623. The first-order chi connectivity index (χ1) is 57.3. The van der Waals surface area contributed by atoms with Gasteiger partial charge in [0.1, 0.15) is 96.7 Å². The van der Waals surface area contributed by atoms with Gasteiger partial charge in [0.2, 0.25) is 100 Å². The van der Waals surface area contributed by atoms with Crippen molar-refractivity contribution in [2.24, 2.45) is 23.1 Å². The van der Waals surface area contributed by atoms with Crippen molar-refractivity contribution in [1.29, 1.82) is 0 Å². The Morgan fingerprint density at radius 1 is 0.393 bits per heavy atom. The number of nitrogens with one attached hydrogen (secondary N) is 16. The maximum Gasteiger partial charge on any atom is 0.303 e. The highest BCUT2D eigenvalue weighted by molar-refractivity contribution is 6.02. The van der Waals surface area contributed by atoms with Crippen LogP contribution in [0.3, 0.4) is 0 Å². The molecule has 0 radical (unpaired) electrons. The van der Waals surface area contributed by atoms with Gasteiger partial charge >= 0.3 is 23.9 Å². The quantitative estimate of drug-likeness (QED) is 0.0275. The van der Waals surface area contributed by atoms with Crippen molar-refractivity contribution in [2.75, 3.05) is 19.6 Å². The lowest BCUT2D eigenvalue weighted by Crippen LogP contribution is -2.60. The molecule has 26 N–H and O–H groups in total. The zero-order valence-electron chi connectivity index (χ0n) is 70.1. The molecule has 1 fully saturated rings. The third-order valence-electron chi connectivity index (χ3n) is 19.5. The van der Waals surface area contributed by atoms with Gasteiger partial charge in [0.25, 0.3) is 0 Å². The number of primary amides is 1. The molecular formula is C77H120N20O25. The van der Waals surface area contributed by atoms with Crippen molar-refractivity contribution in [3.05, 3.63) is 36.0 Å². The number of benzene rings is 1. The van der Waals surface area contributed by atoms with Gasteiger partial charge in [-0.15, -0.1) is 0 Å². The van der Waals surface area contributed by atoms with E-state index in [2.05, 4.69) is 84.7 Å². The second-order valence-electron chi connectivity index (χ2n) is 30.4. The Balaban J connectivity index is 1.76. The topological polar surface area (TPSA) is 717 Å². The van der Waals surface area contributed by atoms with Gasteiger partial charge in [-0.25, -0.2) is 0 Å². The molecule has 0 aliphatic carbocycles. The number of aromatic nitrogens is 1. The molecule has 2 heterocycles. The number of unbranched alkanes of at least 4 members (excludes halogenated alkanes) is 2. The van der Waals surface area contributed by atoms with Crippen LogP contribution >= 0.6 is 0 Å². The average Bonchev–Trinajstić information content (AvgIpc) is 1.68. The highest BCUT2D eigenvalue weighted by atomic mass is 16.4. The fourth-order valence-electron chi connectivity index (χ4n) is 12.6. The van der Waals surface area contributed by atoms with Crippen molar-refractivity contribution in [3.8, 4) is 0 Å². The number of aliphatic carboxylic acids is 4. The maximum atomic E-state index is 14.6. The number of likely N-dealkylation sites (tertiary alicyclic amines) is 1. The molecule has 1 aliphatic heterocycles. The Kier molecular flexibility index (Phi) is 44.1. The average molecular weight is 1730 g/mol. The largest absolute Gasteiger partial charge is 0.481 e. The molecule has 2 aromatic rings. The van der Waals surface area contributed by atoms with E-state index in [4.69, 9.17) is 17.2 Å². The standard InChI is InChI=1S/C77H120N20O25/c1-37(2)34-56(96-74(119)50(21-14-16-32-79)90-67(112)43(8)87-70(115)51(23-27-58(99)100)91-65(110)39(4)82-45(10)98)77(122)97-33-17-22-57(97)76(121)94-54(26-30-61(105)106)72(117)86-41(6)64(109)84-40(5)63(108)85-42(7)66(111)89-49(20-13-15-31-78)73(118)92-53(25-29-60(103)104)71(116)88-44(9)68(113)95-55(35-46-36-81-48-19-12-11-18-47(46)48)75(120)93-52(24-28-59(101)102)69(114)83-38(3)62(80)107/h11-12,18-19,36-44,49-57,81H,13-17,20-35,78-79H2,1-10H3,(H2,80,107)(H,82,98)(H,83,114)(H,84,109)(H,85,108)(H,86,117)(H,87,115)(H,88,116)(H,89,111)(H,90,112)(H,91,110)(H,92,118)(H,93,120)(H,94,121)(H,95,113)(H,96,119)(H,99,100)(H,101,102)(H,103,104)(H,105,106)/t38-,39-,40-,41-,42-,43-,44-,49-,50-,51-,52-,53-,54-,55-,56-,57-/m0/s1. The molecular weight excluding hydrogens is 1600 g/mol. The molecule has 0 saturated carbocycles. The highest BCUT2D eigenvalue weighted by Crippen LogP contribution is 2.23. The first-order valence-electron chi connectivity index (χ1n) is 40.2. The number of carbonyl (C=O) groups is 21. The minimum absolute atomic E-state index is 0.00380. The van der Waals surface area contributed by atoms with Gasteiger partial charge < -0.3 is 127 Å². The van der Waals surface area contributed by atoms with Crippen LogP contribution in [0.15, 0.2) is 30.5 Å². The second-order valence-corrected chi connectivity index (χ2v) is 30.4. The number of carboxylic acids is 4. The lowest BCUT2D eigenvalue weighted by atomic mass is 10.0. The number of hydrogen-bond acceptors (Lipinski definition) is 23. The predicted octanol–water partition coefficient (Wildman–Crippen LogP) is -5.62. The van der Waals surface area contributed by atoms with E-state index in [9.17, 15) is 121 Å². The van der Waals surface area contributed by atoms with Crippen molar-refractivity contribution < 1.29 is 121 Å².